The van der Waals surface area contributed by atoms with Gasteiger partial charge in [-0.1, -0.05) is 54.4 Å². The average Bonchev–Trinajstić information content (AvgIpc) is 2.73. The minimum Gasteiger partial charge on any atom is -0.324 e. The quantitative estimate of drug-likeness (QED) is 0.520. The predicted octanol–water partition coefficient (Wildman–Crippen LogP) is 5.35. The fourth-order valence-corrected chi connectivity index (χ4v) is 5.02. The molecule has 7 heteroatoms. The Balaban J connectivity index is 2.00. The van der Waals surface area contributed by atoms with E-state index >= 15 is 0 Å². The molecule has 0 unspecified atom stereocenters. The molecule has 3 aromatic carbocycles. The van der Waals surface area contributed by atoms with Gasteiger partial charge in [0.1, 0.15) is 6.54 Å². The number of carbonyl (C=O) groups is 1. The summed E-state index contributed by atoms with van der Waals surface area (Å²) in [5, 5.41) is 3.35. The van der Waals surface area contributed by atoms with E-state index in [-0.39, 0.29) is 11.4 Å². The smallest absolute Gasteiger partial charge is 0.264 e. The molecule has 1 amide bonds. The summed E-state index contributed by atoms with van der Waals surface area (Å²) in [6, 6.07) is 19.0. The van der Waals surface area contributed by atoms with Crippen LogP contribution in [0, 0.1) is 13.8 Å². The molecule has 0 aliphatic rings. The van der Waals surface area contributed by atoms with Crippen molar-refractivity contribution < 1.29 is 13.2 Å². The Morgan fingerprint density at radius 3 is 2.32 bits per heavy atom. The van der Waals surface area contributed by atoms with Crippen LogP contribution in [0.15, 0.2) is 71.6 Å². The Bertz CT molecular complexity index is 1190. The van der Waals surface area contributed by atoms with E-state index in [1.54, 1.807) is 49.4 Å². The molecule has 0 aliphatic carbocycles. The number of nitrogens with one attached hydrogen (secondary N) is 1. The molecule has 0 saturated carbocycles. The maximum absolute atomic E-state index is 13.5. The van der Waals surface area contributed by atoms with Gasteiger partial charge in [-0.15, -0.1) is 0 Å². The molecule has 0 fully saturated rings. The first-order valence-electron chi connectivity index (χ1n) is 9.95. The third-order valence-corrected chi connectivity index (χ3v) is 7.01. The molecule has 0 aromatic heterocycles. The molecule has 0 spiro atoms. The van der Waals surface area contributed by atoms with Gasteiger partial charge >= 0.3 is 0 Å². The summed E-state index contributed by atoms with van der Waals surface area (Å²) in [5.74, 6) is -0.425. The zero-order valence-electron chi connectivity index (χ0n) is 17.7. The SMILES string of the molecule is CCc1ccccc1NC(=O)CN(c1ccc(Cl)cc1C)S(=O)(=O)c1ccc(C)cc1. The lowest BCUT2D eigenvalue weighted by atomic mass is 10.1. The van der Waals surface area contributed by atoms with Gasteiger partial charge < -0.3 is 5.32 Å². The van der Waals surface area contributed by atoms with E-state index in [4.69, 9.17) is 11.6 Å². The molecule has 0 heterocycles. The van der Waals surface area contributed by atoms with Gasteiger partial charge in [0, 0.05) is 10.7 Å². The highest BCUT2D eigenvalue weighted by Crippen LogP contribution is 2.29. The molecule has 0 radical (unpaired) electrons. The van der Waals surface area contributed by atoms with Gasteiger partial charge in [-0.05, 0) is 67.8 Å². The number of carbonyl (C=O) groups excluding carboxylic acids is 1. The zero-order valence-corrected chi connectivity index (χ0v) is 19.3. The van der Waals surface area contributed by atoms with Gasteiger partial charge in [-0.25, -0.2) is 8.42 Å². The lowest BCUT2D eigenvalue weighted by Crippen LogP contribution is -2.38. The first-order chi connectivity index (χ1) is 14.7. The summed E-state index contributed by atoms with van der Waals surface area (Å²) in [4.78, 5) is 13.1. The van der Waals surface area contributed by atoms with Gasteiger partial charge in [0.25, 0.3) is 10.0 Å². The van der Waals surface area contributed by atoms with Gasteiger partial charge in [-0.3, -0.25) is 9.10 Å². The summed E-state index contributed by atoms with van der Waals surface area (Å²) >= 11 is 6.07. The van der Waals surface area contributed by atoms with Crippen LogP contribution in [-0.4, -0.2) is 20.9 Å². The van der Waals surface area contributed by atoms with E-state index in [0.29, 0.717) is 22.0 Å². The van der Waals surface area contributed by atoms with Gasteiger partial charge in [0.15, 0.2) is 0 Å². The van der Waals surface area contributed by atoms with Crippen LogP contribution in [0.2, 0.25) is 5.02 Å². The summed E-state index contributed by atoms with van der Waals surface area (Å²) < 4.78 is 28.1. The molecule has 0 atom stereocenters. The fraction of sp³-hybridized carbons (Fsp3) is 0.208. The fourth-order valence-electron chi connectivity index (χ4n) is 3.31. The van der Waals surface area contributed by atoms with E-state index in [1.165, 1.54) is 0 Å². The summed E-state index contributed by atoms with van der Waals surface area (Å²) in [5.41, 5.74) is 3.66. The van der Waals surface area contributed by atoms with E-state index in [0.717, 1.165) is 21.9 Å². The Hall–Kier alpha value is -2.83. The van der Waals surface area contributed by atoms with Crippen molar-refractivity contribution in [2.24, 2.45) is 0 Å². The lowest BCUT2D eigenvalue weighted by Gasteiger charge is -2.26. The van der Waals surface area contributed by atoms with Crippen LogP contribution >= 0.6 is 11.6 Å². The van der Waals surface area contributed by atoms with E-state index in [1.807, 2.05) is 38.1 Å². The van der Waals surface area contributed by atoms with Crippen LogP contribution in [-0.2, 0) is 21.2 Å². The number of hydrogen-bond acceptors (Lipinski definition) is 3. The number of rotatable bonds is 7. The molecular formula is C24H25ClN2O3S. The predicted molar refractivity (Wildman–Crippen MR) is 126 cm³/mol. The lowest BCUT2D eigenvalue weighted by molar-refractivity contribution is -0.114. The maximum Gasteiger partial charge on any atom is 0.264 e. The Morgan fingerprint density at radius 2 is 1.68 bits per heavy atom. The molecular weight excluding hydrogens is 432 g/mol. The van der Waals surface area contributed by atoms with Crippen molar-refractivity contribution in [3.8, 4) is 0 Å². The first-order valence-corrected chi connectivity index (χ1v) is 11.8. The van der Waals surface area contributed by atoms with Crippen LogP contribution in [0.4, 0.5) is 11.4 Å². The Labute approximate surface area is 188 Å². The maximum atomic E-state index is 13.5. The van der Waals surface area contributed by atoms with Crippen LogP contribution in [0.1, 0.15) is 23.6 Å². The molecule has 0 saturated heterocycles. The van der Waals surface area contributed by atoms with Crippen molar-refractivity contribution in [1.82, 2.24) is 0 Å². The third-order valence-electron chi connectivity index (χ3n) is 5.00. The number of sulfonamides is 1. The van der Waals surface area contributed by atoms with Gasteiger partial charge in [0.2, 0.25) is 5.91 Å². The van der Waals surface area contributed by atoms with Crippen LogP contribution in [0.5, 0.6) is 0 Å². The molecule has 31 heavy (non-hydrogen) atoms. The number of aryl methyl sites for hydroxylation is 3. The molecule has 3 rings (SSSR count). The van der Waals surface area contributed by atoms with Gasteiger partial charge in [-0.2, -0.15) is 0 Å². The van der Waals surface area contributed by atoms with Gasteiger partial charge in [0.05, 0.1) is 10.6 Å². The minimum absolute atomic E-state index is 0.120. The Kier molecular flexibility index (Phi) is 7.03. The monoisotopic (exact) mass is 456 g/mol. The summed E-state index contributed by atoms with van der Waals surface area (Å²) in [6.45, 7) is 5.28. The number of amides is 1. The Morgan fingerprint density at radius 1 is 1.00 bits per heavy atom. The summed E-state index contributed by atoms with van der Waals surface area (Å²) in [7, 11) is -3.98. The number of para-hydroxylation sites is 1. The van der Waals surface area contributed by atoms with Crippen LogP contribution in [0.3, 0.4) is 0 Å². The zero-order chi connectivity index (χ0) is 22.6. The number of halogens is 1. The highest BCUT2D eigenvalue weighted by atomic mass is 35.5. The normalized spacial score (nSPS) is 11.2. The van der Waals surface area contributed by atoms with Crippen molar-refractivity contribution in [2.45, 2.75) is 32.1 Å². The average molecular weight is 457 g/mol. The molecule has 0 aliphatic heterocycles. The molecule has 0 bridgehead atoms. The second kappa shape index (κ2) is 9.54. The van der Waals surface area contributed by atoms with Crippen LogP contribution in [0.25, 0.3) is 0 Å². The second-order valence-corrected chi connectivity index (χ2v) is 9.61. The number of anilines is 2. The largest absolute Gasteiger partial charge is 0.324 e. The van der Waals surface area contributed by atoms with E-state index in [2.05, 4.69) is 5.32 Å². The van der Waals surface area contributed by atoms with Crippen molar-refractivity contribution in [2.75, 3.05) is 16.2 Å². The van der Waals surface area contributed by atoms with E-state index in [9.17, 15) is 13.2 Å². The number of hydrogen-bond donors (Lipinski definition) is 1. The summed E-state index contributed by atoms with van der Waals surface area (Å²) in [6.07, 6.45) is 0.748. The third kappa shape index (κ3) is 5.27. The van der Waals surface area contributed by atoms with Crippen molar-refractivity contribution in [3.63, 3.8) is 0 Å². The standard InChI is InChI=1S/C24H25ClN2O3S/c1-4-19-7-5-6-8-22(19)26-24(28)16-27(23-14-11-20(25)15-18(23)3)31(29,30)21-12-9-17(2)10-13-21/h5-15H,4,16H2,1-3H3,(H,26,28). The molecule has 5 nitrogen and oxygen atoms in total. The topological polar surface area (TPSA) is 66.5 Å². The number of nitrogens with zero attached hydrogens (tertiary/aromatic N) is 1. The van der Waals surface area contributed by atoms with E-state index < -0.39 is 15.9 Å². The van der Waals surface area contributed by atoms with Crippen molar-refractivity contribution in [3.05, 3.63) is 88.4 Å². The number of benzene rings is 3. The molecule has 3 aromatic rings. The second-order valence-electron chi connectivity index (χ2n) is 7.31. The molecule has 162 valence electrons. The highest BCUT2D eigenvalue weighted by molar-refractivity contribution is 7.92. The highest BCUT2D eigenvalue weighted by Gasteiger charge is 2.28. The van der Waals surface area contributed by atoms with Crippen molar-refractivity contribution >= 4 is 38.9 Å². The minimum atomic E-state index is -3.98. The molecule has 1 N–H and O–H groups in total. The van der Waals surface area contributed by atoms with Crippen molar-refractivity contribution in [1.29, 1.82) is 0 Å². The first kappa shape index (κ1) is 22.8. The van der Waals surface area contributed by atoms with Crippen LogP contribution < -0.4 is 9.62 Å².